The summed E-state index contributed by atoms with van der Waals surface area (Å²) in [6.45, 7) is 3.76. The monoisotopic (exact) mass is 484 g/mol. The Balaban J connectivity index is 0.00000243. The lowest BCUT2D eigenvalue weighted by atomic mass is 10.3. The van der Waals surface area contributed by atoms with Crippen LogP contribution in [0.3, 0.4) is 0 Å². The molecule has 2 heterocycles. The van der Waals surface area contributed by atoms with Crippen molar-refractivity contribution in [1.29, 1.82) is 0 Å². The Labute approximate surface area is 175 Å². The Morgan fingerprint density at radius 3 is 2.73 bits per heavy atom. The van der Waals surface area contributed by atoms with Gasteiger partial charge in [-0.25, -0.2) is 9.97 Å². The average Bonchev–Trinajstić information content (AvgIpc) is 3.22. The van der Waals surface area contributed by atoms with E-state index in [-0.39, 0.29) is 24.0 Å². The van der Waals surface area contributed by atoms with Crippen molar-refractivity contribution in [3.8, 4) is 0 Å². The predicted molar refractivity (Wildman–Crippen MR) is 120 cm³/mol. The third kappa shape index (κ3) is 5.94. The maximum Gasteiger partial charge on any atom is 0.190 e. The topological polar surface area (TPSA) is 78.0 Å². The minimum Gasteiger partial charge on any atom is -0.356 e. The van der Waals surface area contributed by atoms with Crippen molar-refractivity contribution in [2.45, 2.75) is 26.2 Å². The number of imidazole rings is 1. The fraction of sp³-hybridized carbons (Fsp3) is 0.389. The average molecular weight is 484 g/mol. The molecule has 2 aromatic heterocycles. The van der Waals surface area contributed by atoms with Gasteiger partial charge in [-0.1, -0.05) is 12.1 Å². The highest BCUT2D eigenvalue weighted by Crippen LogP contribution is 2.11. The van der Waals surface area contributed by atoms with Crippen LogP contribution in [0.5, 0.6) is 0 Å². The van der Waals surface area contributed by atoms with Crippen LogP contribution in [0.2, 0.25) is 0 Å². The van der Waals surface area contributed by atoms with E-state index in [4.69, 9.17) is 0 Å². The van der Waals surface area contributed by atoms with Crippen molar-refractivity contribution in [1.82, 2.24) is 25.6 Å². The minimum absolute atomic E-state index is 0. The maximum absolute atomic E-state index is 4.60. The van der Waals surface area contributed by atoms with E-state index in [2.05, 4.69) is 43.6 Å². The molecule has 0 aliphatic rings. The zero-order valence-corrected chi connectivity index (χ0v) is 18.2. The molecule has 0 saturated carbocycles. The number of aromatic nitrogens is 3. The second-order valence-electron chi connectivity index (χ2n) is 5.84. The third-order valence-electron chi connectivity index (χ3n) is 3.85. The summed E-state index contributed by atoms with van der Waals surface area (Å²) in [7, 11) is 1.79. The molecule has 0 bridgehead atoms. The van der Waals surface area contributed by atoms with Gasteiger partial charge in [0.1, 0.15) is 5.82 Å². The zero-order valence-electron chi connectivity index (χ0n) is 15.1. The van der Waals surface area contributed by atoms with E-state index in [0.29, 0.717) is 0 Å². The number of aliphatic imine (C=N–C) groups is 1. The molecule has 0 unspecified atom stereocenters. The van der Waals surface area contributed by atoms with Gasteiger partial charge in [-0.05, 0) is 25.5 Å². The van der Waals surface area contributed by atoms with Gasteiger partial charge in [0.2, 0.25) is 0 Å². The highest BCUT2D eigenvalue weighted by molar-refractivity contribution is 14.0. The number of nitrogens with zero attached hydrogens (tertiary/aromatic N) is 3. The van der Waals surface area contributed by atoms with Crippen LogP contribution >= 0.6 is 35.3 Å². The van der Waals surface area contributed by atoms with E-state index in [9.17, 15) is 0 Å². The molecule has 3 N–H and O–H groups in total. The molecule has 3 rings (SSSR count). The summed E-state index contributed by atoms with van der Waals surface area (Å²) in [5.41, 5.74) is 2.13. The van der Waals surface area contributed by atoms with Crippen LogP contribution in [0.4, 0.5) is 0 Å². The van der Waals surface area contributed by atoms with E-state index in [1.165, 1.54) is 4.88 Å². The van der Waals surface area contributed by atoms with Gasteiger partial charge in [-0.2, -0.15) is 0 Å². The molecule has 8 heteroatoms. The standard InChI is InChI=1S/C18H24N6S.HI/c1-13-12-22-17(25-13)9-11-21-18(19-2)20-10-5-8-16-23-14-6-3-4-7-15(14)24-16;/h3-4,6-7,12H,5,8-11H2,1-2H3,(H,23,24)(H2,19,20,21);1H. The smallest absolute Gasteiger partial charge is 0.190 e. The number of hydrogen-bond donors (Lipinski definition) is 3. The van der Waals surface area contributed by atoms with Gasteiger partial charge in [-0.15, -0.1) is 35.3 Å². The zero-order chi connectivity index (χ0) is 17.5. The maximum atomic E-state index is 4.60. The first-order chi connectivity index (χ1) is 12.2. The summed E-state index contributed by atoms with van der Waals surface area (Å²) in [6, 6.07) is 8.12. The summed E-state index contributed by atoms with van der Waals surface area (Å²) >= 11 is 1.75. The number of H-pyrrole nitrogens is 1. The van der Waals surface area contributed by atoms with Gasteiger partial charge in [-0.3, -0.25) is 4.99 Å². The Morgan fingerprint density at radius 2 is 2.00 bits per heavy atom. The number of halogens is 1. The number of rotatable bonds is 7. The number of benzene rings is 1. The number of hydrogen-bond acceptors (Lipinski definition) is 4. The lowest BCUT2D eigenvalue weighted by molar-refractivity contribution is 0.724. The van der Waals surface area contributed by atoms with Crippen LogP contribution < -0.4 is 10.6 Å². The summed E-state index contributed by atoms with van der Waals surface area (Å²) < 4.78 is 0. The minimum atomic E-state index is 0. The predicted octanol–water partition coefficient (Wildman–Crippen LogP) is 3.29. The molecule has 1 aromatic carbocycles. The van der Waals surface area contributed by atoms with Crippen LogP contribution in [0, 0.1) is 6.92 Å². The molecule has 0 saturated heterocycles. The van der Waals surface area contributed by atoms with Crippen molar-refractivity contribution in [2.24, 2.45) is 4.99 Å². The van der Waals surface area contributed by atoms with Crippen molar-refractivity contribution in [3.63, 3.8) is 0 Å². The Hall–Kier alpha value is -1.68. The molecule has 0 radical (unpaired) electrons. The molecule has 26 heavy (non-hydrogen) atoms. The van der Waals surface area contributed by atoms with E-state index in [0.717, 1.165) is 60.2 Å². The highest BCUT2D eigenvalue weighted by Gasteiger charge is 2.03. The van der Waals surface area contributed by atoms with Crippen LogP contribution in [0.25, 0.3) is 11.0 Å². The first kappa shape index (κ1) is 20.6. The van der Waals surface area contributed by atoms with E-state index >= 15 is 0 Å². The SMILES string of the molecule is CN=C(NCCCc1nc2ccccc2[nH]1)NCCc1ncc(C)s1.I. The number of thiazole rings is 1. The van der Waals surface area contributed by atoms with E-state index in [1.54, 1.807) is 18.4 Å². The second kappa shape index (κ2) is 10.5. The molecule has 0 aliphatic heterocycles. The van der Waals surface area contributed by atoms with Gasteiger partial charge >= 0.3 is 0 Å². The molecule has 140 valence electrons. The number of guanidine groups is 1. The molecule has 0 spiro atoms. The van der Waals surface area contributed by atoms with Crippen molar-refractivity contribution < 1.29 is 0 Å². The molecule has 0 aliphatic carbocycles. The van der Waals surface area contributed by atoms with Crippen LogP contribution in [-0.2, 0) is 12.8 Å². The lowest BCUT2D eigenvalue weighted by Gasteiger charge is -2.10. The van der Waals surface area contributed by atoms with E-state index in [1.807, 2.05) is 24.4 Å². The summed E-state index contributed by atoms with van der Waals surface area (Å²) in [5, 5.41) is 7.83. The van der Waals surface area contributed by atoms with Crippen molar-refractivity contribution in [2.75, 3.05) is 20.1 Å². The van der Waals surface area contributed by atoms with Crippen LogP contribution in [0.1, 0.15) is 22.1 Å². The summed E-state index contributed by atoms with van der Waals surface area (Å²) in [6.07, 6.45) is 4.74. The molecule has 6 nitrogen and oxygen atoms in total. The van der Waals surface area contributed by atoms with Gasteiger partial charge in [0.15, 0.2) is 5.96 Å². The van der Waals surface area contributed by atoms with Gasteiger partial charge < -0.3 is 15.6 Å². The quantitative estimate of drug-likeness (QED) is 0.208. The number of nitrogens with one attached hydrogen (secondary N) is 3. The lowest BCUT2D eigenvalue weighted by Crippen LogP contribution is -2.38. The number of aromatic amines is 1. The molecular formula is C18H25IN6S. The summed E-state index contributed by atoms with van der Waals surface area (Å²) in [5.74, 6) is 1.86. The Bertz CT molecular complexity index is 808. The summed E-state index contributed by atoms with van der Waals surface area (Å²) in [4.78, 5) is 17.8. The fourth-order valence-corrected chi connectivity index (χ4v) is 3.40. The van der Waals surface area contributed by atoms with Crippen LogP contribution in [0.15, 0.2) is 35.5 Å². The largest absolute Gasteiger partial charge is 0.356 e. The van der Waals surface area contributed by atoms with Gasteiger partial charge in [0, 0.05) is 44.1 Å². The highest BCUT2D eigenvalue weighted by atomic mass is 127. The van der Waals surface area contributed by atoms with Crippen LogP contribution in [-0.4, -0.2) is 41.0 Å². The Morgan fingerprint density at radius 1 is 1.19 bits per heavy atom. The van der Waals surface area contributed by atoms with Crippen molar-refractivity contribution in [3.05, 3.63) is 46.2 Å². The number of aryl methyl sites for hydroxylation is 2. The second-order valence-corrected chi connectivity index (χ2v) is 7.16. The molecule has 0 amide bonds. The van der Waals surface area contributed by atoms with Gasteiger partial charge in [0.25, 0.3) is 0 Å². The first-order valence-corrected chi connectivity index (χ1v) is 9.35. The first-order valence-electron chi connectivity index (χ1n) is 8.54. The Kier molecular flexibility index (Phi) is 8.30. The number of fused-ring (bicyclic) bond motifs is 1. The molecular weight excluding hydrogens is 459 g/mol. The van der Waals surface area contributed by atoms with E-state index < -0.39 is 0 Å². The normalized spacial score (nSPS) is 11.4. The molecule has 3 aromatic rings. The fourth-order valence-electron chi connectivity index (χ4n) is 2.61. The number of para-hydroxylation sites is 2. The van der Waals surface area contributed by atoms with Crippen molar-refractivity contribution >= 4 is 52.3 Å². The molecule has 0 atom stereocenters. The third-order valence-corrected chi connectivity index (χ3v) is 4.82. The van der Waals surface area contributed by atoms with Gasteiger partial charge in [0.05, 0.1) is 16.0 Å². The molecule has 0 fully saturated rings.